The Labute approximate surface area is 154 Å². The smallest absolute Gasteiger partial charge is 0.262 e. The Balaban J connectivity index is 1.70. The molecule has 0 spiro atoms. The van der Waals surface area contributed by atoms with Gasteiger partial charge in [0, 0.05) is 31.5 Å². The summed E-state index contributed by atoms with van der Waals surface area (Å²) in [5.74, 6) is -0.513. The van der Waals surface area contributed by atoms with Crippen LogP contribution in [0.2, 0.25) is 0 Å². The summed E-state index contributed by atoms with van der Waals surface area (Å²) in [7, 11) is -3.67. The van der Waals surface area contributed by atoms with Crippen LogP contribution in [0.1, 0.15) is 25.3 Å². The zero-order valence-electron chi connectivity index (χ0n) is 15.1. The fourth-order valence-electron chi connectivity index (χ4n) is 3.03. The summed E-state index contributed by atoms with van der Waals surface area (Å²) in [5.41, 5.74) is 1.84. The fraction of sp³-hybridized carbons (Fsp3) is 0.444. The number of anilines is 1. The number of rotatable bonds is 5. The van der Waals surface area contributed by atoms with Gasteiger partial charge in [0.2, 0.25) is 5.91 Å². The third kappa shape index (κ3) is 3.96. The van der Waals surface area contributed by atoms with Gasteiger partial charge in [-0.2, -0.15) is 4.31 Å². The van der Waals surface area contributed by atoms with Gasteiger partial charge in [-0.25, -0.2) is 13.4 Å². The van der Waals surface area contributed by atoms with E-state index in [2.05, 4.69) is 10.3 Å². The zero-order chi connectivity index (χ0) is 18.7. The number of carbonyl (C=O) groups excluding carboxylic acids is 1. The van der Waals surface area contributed by atoms with Gasteiger partial charge >= 0.3 is 0 Å². The van der Waals surface area contributed by atoms with Crippen molar-refractivity contribution in [2.75, 3.05) is 18.4 Å². The summed E-state index contributed by atoms with van der Waals surface area (Å²) in [6, 6.07) is 7.55. The van der Waals surface area contributed by atoms with Crippen molar-refractivity contribution in [1.82, 2.24) is 13.9 Å². The molecule has 26 heavy (non-hydrogen) atoms. The van der Waals surface area contributed by atoms with Crippen molar-refractivity contribution in [3.63, 3.8) is 0 Å². The highest BCUT2D eigenvalue weighted by Crippen LogP contribution is 2.24. The van der Waals surface area contributed by atoms with E-state index < -0.39 is 10.0 Å². The molecule has 1 fully saturated rings. The average molecular weight is 376 g/mol. The van der Waals surface area contributed by atoms with E-state index in [4.69, 9.17) is 0 Å². The van der Waals surface area contributed by atoms with Gasteiger partial charge in [-0.05, 0) is 38.8 Å². The predicted molar refractivity (Wildman–Crippen MR) is 99.2 cm³/mol. The molecule has 140 valence electrons. The van der Waals surface area contributed by atoms with E-state index in [0.29, 0.717) is 25.9 Å². The van der Waals surface area contributed by atoms with Crippen LogP contribution in [-0.4, -0.2) is 41.3 Å². The second-order valence-corrected chi connectivity index (χ2v) is 8.48. The van der Waals surface area contributed by atoms with Gasteiger partial charge in [0.05, 0.1) is 12.2 Å². The molecule has 1 aliphatic rings. The number of nitrogens with zero attached hydrogens (tertiary/aromatic N) is 3. The number of benzene rings is 1. The molecule has 1 saturated heterocycles. The summed E-state index contributed by atoms with van der Waals surface area (Å²) < 4.78 is 28.7. The lowest BCUT2D eigenvalue weighted by Gasteiger charge is -2.30. The molecule has 7 nitrogen and oxygen atoms in total. The lowest BCUT2D eigenvalue weighted by atomic mass is 9.98. The van der Waals surface area contributed by atoms with Gasteiger partial charge in [0.25, 0.3) is 10.0 Å². The second-order valence-electron chi connectivity index (χ2n) is 6.60. The maximum atomic E-state index is 12.8. The van der Waals surface area contributed by atoms with Crippen LogP contribution in [0.3, 0.4) is 0 Å². The van der Waals surface area contributed by atoms with Gasteiger partial charge in [-0.1, -0.05) is 17.7 Å². The second kappa shape index (κ2) is 7.59. The van der Waals surface area contributed by atoms with Crippen molar-refractivity contribution in [3.05, 3.63) is 42.4 Å². The Morgan fingerprint density at radius 2 is 2.04 bits per heavy atom. The third-order valence-corrected chi connectivity index (χ3v) is 6.40. The van der Waals surface area contributed by atoms with Gasteiger partial charge in [0.15, 0.2) is 5.03 Å². The number of aromatic nitrogens is 2. The standard InChI is InChI=1S/C18H24N4O3S/c1-3-21-12-17(19-13-21)26(24,25)22-10-4-5-15(11-22)18(23)20-16-8-6-14(2)7-9-16/h6-9,12-13,15H,3-5,10-11H2,1-2H3,(H,20,23)/t15-/m1/s1. The van der Waals surface area contributed by atoms with Crippen LogP contribution >= 0.6 is 0 Å². The van der Waals surface area contributed by atoms with E-state index in [9.17, 15) is 13.2 Å². The Bertz CT molecular complexity index is 874. The minimum atomic E-state index is -3.67. The predicted octanol–water partition coefficient (Wildman–Crippen LogP) is 2.25. The van der Waals surface area contributed by atoms with E-state index in [1.807, 2.05) is 38.1 Å². The first-order valence-corrected chi connectivity index (χ1v) is 10.2. The van der Waals surface area contributed by atoms with Crippen molar-refractivity contribution >= 4 is 21.6 Å². The number of aryl methyl sites for hydroxylation is 2. The van der Waals surface area contributed by atoms with Gasteiger partial charge in [-0.3, -0.25) is 4.79 Å². The molecule has 1 N–H and O–H groups in total. The molecule has 0 radical (unpaired) electrons. The molecule has 0 saturated carbocycles. The van der Waals surface area contributed by atoms with Crippen LogP contribution in [0, 0.1) is 12.8 Å². The number of carbonyl (C=O) groups is 1. The summed E-state index contributed by atoms with van der Waals surface area (Å²) in [5, 5.41) is 2.92. The van der Waals surface area contributed by atoms with Crippen molar-refractivity contribution in [1.29, 1.82) is 0 Å². The Kier molecular flexibility index (Phi) is 5.43. The molecule has 2 heterocycles. The molecule has 3 rings (SSSR count). The molecule has 2 aromatic rings. The molecule has 1 atom stereocenters. The fourth-order valence-corrected chi connectivity index (χ4v) is 4.49. The van der Waals surface area contributed by atoms with E-state index in [-0.39, 0.29) is 23.4 Å². The molecule has 1 aromatic heterocycles. The number of amides is 1. The molecule has 1 aliphatic heterocycles. The van der Waals surface area contributed by atoms with Crippen LogP contribution in [0.5, 0.6) is 0 Å². The SMILES string of the molecule is CCn1cnc(S(=O)(=O)N2CCC[C@@H](C(=O)Nc3ccc(C)cc3)C2)c1. The number of piperidine rings is 1. The van der Waals surface area contributed by atoms with E-state index >= 15 is 0 Å². The molecule has 1 aromatic carbocycles. The maximum Gasteiger partial charge on any atom is 0.262 e. The molecule has 1 amide bonds. The van der Waals surface area contributed by atoms with Crippen molar-refractivity contribution in [2.24, 2.45) is 5.92 Å². The molecule has 0 bridgehead atoms. The van der Waals surface area contributed by atoms with Crippen LogP contribution < -0.4 is 5.32 Å². The van der Waals surface area contributed by atoms with E-state index in [1.54, 1.807) is 4.57 Å². The average Bonchev–Trinajstić information content (AvgIpc) is 3.14. The minimum absolute atomic E-state index is 0.0407. The Hall–Kier alpha value is -2.19. The number of hydrogen-bond acceptors (Lipinski definition) is 4. The summed E-state index contributed by atoms with van der Waals surface area (Å²) in [4.78, 5) is 16.6. The first-order valence-electron chi connectivity index (χ1n) is 8.79. The largest absolute Gasteiger partial charge is 0.336 e. The van der Waals surface area contributed by atoms with E-state index in [1.165, 1.54) is 16.8 Å². The number of sulfonamides is 1. The van der Waals surface area contributed by atoms with Gasteiger partial charge in [-0.15, -0.1) is 0 Å². The number of hydrogen-bond donors (Lipinski definition) is 1. The normalized spacial score (nSPS) is 18.6. The first-order chi connectivity index (χ1) is 12.4. The van der Waals surface area contributed by atoms with Gasteiger partial charge in [0.1, 0.15) is 0 Å². The summed E-state index contributed by atoms with van der Waals surface area (Å²) in [6.07, 6.45) is 4.37. The lowest BCUT2D eigenvalue weighted by Crippen LogP contribution is -2.43. The first kappa shape index (κ1) is 18.6. The highest BCUT2D eigenvalue weighted by molar-refractivity contribution is 7.89. The maximum absolute atomic E-state index is 12.8. The highest BCUT2D eigenvalue weighted by atomic mass is 32.2. The van der Waals surface area contributed by atoms with Crippen molar-refractivity contribution in [2.45, 2.75) is 38.3 Å². The van der Waals surface area contributed by atoms with Crippen molar-refractivity contribution < 1.29 is 13.2 Å². The van der Waals surface area contributed by atoms with Crippen molar-refractivity contribution in [3.8, 4) is 0 Å². The molecule has 0 unspecified atom stereocenters. The summed E-state index contributed by atoms with van der Waals surface area (Å²) >= 11 is 0. The van der Waals surface area contributed by atoms with Crippen LogP contribution in [0.4, 0.5) is 5.69 Å². The van der Waals surface area contributed by atoms with Crippen LogP contribution in [0.25, 0.3) is 0 Å². The molecule has 0 aliphatic carbocycles. The number of imidazole rings is 1. The molecular formula is C18H24N4O3S. The Morgan fingerprint density at radius 3 is 2.69 bits per heavy atom. The molecular weight excluding hydrogens is 352 g/mol. The minimum Gasteiger partial charge on any atom is -0.336 e. The Morgan fingerprint density at radius 1 is 1.31 bits per heavy atom. The zero-order valence-corrected chi connectivity index (χ0v) is 15.9. The molecule has 8 heteroatoms. The monoisotopic (exact) mass is 376 g/mol. The third-order valence-electron chi connectivity index (χ3n) is 4.65. The van der Waals surface area contributed by atoms with Gasteiger partial charge < -0.3 is 9.88 Å². The lowest BCUT2D eigenvalue weighted by molar-refractivity contribution is -0.120. The highest BCUT2D eigenvalue weighted by Gasteiger charge is 2.34. The quantitative estimate of drug-likeness (QED) is 0.867. The van der Waals surface area contributed by atoms with E-state index in [0.717, 1.165) is 11.3 Å². The summed E-state index contributed by atoms with van der Waals surface area (Å²) in [6.45, 7) is 5.15. The number of nitrogens with one attached hydrogen (secondary N) is 1. The topological polar surface area (TPSA) is 84.3 Å². The van der Waals surface area contributed by atoms with Crippen LogP contribution in [0.15, 0.2) is 41.8 Å². The van der Waals surface area contributed by atoms with Crippen LogP contribution in [-0.2, 0) is 21.4 Å².